The number of aliphatic carboxylic acids is 1. The molecule has 0 aromatic heterocycles. The van der Waals surface area contributed by atoms with E-state index in [0.717, 1.165) is 0 Å². The molecule has 0 saturated heterocycles. The largest absolute Gasteiger partial charge is 0.481 e. The zero-order valence-electron chi connectivity index (χ0n) is 7.19. The third-order valence-corrected chi connectivity index (χ3v) is 1.41. The lowest BCUT2D eigenvalue weighted by atomic mass is 10.2. The molecule has 0 saturated carbocycles. The van der Waals surface area contributed by atoms with E-state index in [1.165, 1.54) is 0 Å². The van der Waals surface area contributed by atoms with Gasteiger partial charge in [0.05, 0.1) is 6.42 Å². The van der Waals surface area contributed by atoms with Crippen LogP contribution in [0.2, 0.25) is 0 Å². The molecule has 0 aliphatic heterocycles. The fourth-order valence-corrected chi connectivity index (χ4v) is 0.797. The monoisotopic (exact) mass is 199 g/mol. The topological polar surface area (TPSA) is 49.3 Å². The molecule has 6 heteroatoms. The maximum absolute atomic E-state index is 12.1. The Balaban J connectivity index is 4.11. The van der Waals surface area contributed by atoms with Gasteiger partial charge in [0.2, 0.25) is 0 Å². The molecule has 1 unspecified atom stereocenters. The molecule has 3 nitrogen and oxygen atoms in total. The van der Waals surface area contributed by atoms with Crippen LogP contribution in [-0.4, -0.2) is 29.8 Å². The average molecular weight is 199 g/mol. The van der Waals surface area contributed by atoms with Crippen LogP contribution in [0.1, 0.15) is 19.8 Å². The van der Waals surface area contributed by atoms with E-state index in [1.54, 1.807) is 6.92 Å². The fraction of sp³-hybridized carbons (Fsp3) is 0.857. The van der Waals surface area contributed by atoms with Crippen molar-refractivity contribution in [3.63, 3.8) is 0 Å². The van der Waals surface area contributed by atoms with Gasteiger partial charge < -0.3 is 10.4 Å². The summed E-state index contributed by atoms with van der Waals surface area (Å²) in [4.78, 5) is 10.1. The lowest BCUT2D eigenvalue weighted by molar-refractivity contribution is -0.167. The van der Waals surface area contributed by atoms with E-state index >= 15 is 0 Å². The highest BCUT2D eigenvalue weighted by Crippen LogP contribution is 2.22. The van der Waals surface area contributed by atoms with Crippen molar-refractivity contribution in [3.05, 3.63) is 0 Å². The molecule has 13 heavy (non-hydrogen) atoms. The van der Waals surface area contributed by atoms with Gasteiger partial charge in [-0.3, -0.25) is 4.79 Å². The molecule has 0 aliphatic rings. The van der Waals surface area contributed by atoms with Gasteiger partial charge in [0.1, 0.15) is 6.04 Å². The molecular formula is C7H12F3NO2. The second kappa shape index (κ2) is 5.06. The first kappa shape index (κ1) is 12.2. The molecule has 0 aromatic rings. The summed E-state index contributed by atoms with van der Waals surface area (Å²) in [6, 6.07) is -1.94. The van der Waals surface area contributed by atoms with Crippen LogP contribution in [-0.2, 0) is 4.79 Å². The smallest absolute Gasteiger partial charge is 0.404 e. The lowest BCUT2D eigenvalue weighted by Gasteiger charge is -2.19. The highest BCUT2D eigenvalue weighted by atomic mass is 19.4. The van der Waals surface area contributed by atoms with Crippen LogP contribution in [0.25, 0.3) is 0 Å². The van der Waals surface area contributed by atoms with Gasteiger partial charge in [-0.2, -0.15) is 13.2 Å². The Morgan fingerprint density at radius 2 is 2.08 bits per heavy atom. The minimum atomic E-state index is -4.49. The number of halogens is 3. The molecule has 0 aliphatic carbocycles. The molecule has 0 rings (SSSR count). The van der Waals surface area contributed by atoms with Crippen molar-refractivity contribution in [2.24, 2.45) is 0 Å². The van der Waals surface area contributed by atoms with Crippen LogP contribution in [0.15, 0.2) is 0 Å². The summed E-state index contributed by atoms with van der Waals surface area (Å²) in [6.07, 6.45) is -4.89. The number of alkyl halides is 3. The van der Waals surface area contributed by atoms with E-state index in [-0.39, 0.29) is 6.54 Å². The Bertz CT molecular complexity index is 170. The number of carboxylic acid groups (broad SMARTS) is 1. The minimum absolute atomic E-state index is 0.164. The van der Waals surface area contributed by atoms with E-state index in [4.69, 9.17) is 5.11 Å². The number of hydrogen-bond acceptors (Lipinski definition) is 2. The summed E-state index contributed by atoms with van der Waals surface area (Å²) < 4.78 is 36.2. The number of rotatable bonds is 5. The molecule has 2 N–H and O–H groups in total. The van der Waals surface area contributed by atoms with Gasteiger partial charge in [-0.1, -0.05) is 6.92 Å². The van der Waals surface area contributed by atoms with Crippen LogP contribution in [0.4, 0.5) is 13.2 Å². The summed E-state index contributed by atoms with van der Waals surface area (Å²) in [5.74, 6) is -1.45. The van der Waals surface area contributed by atoms with Crippen LogP contribution >= 0.6 is 0 Å². The van der Waals surface area contributed by atoms with Gasteiger partial charge in [-0.15, -0.1) is 0 Å². The maximum Gasteiger partial charge on any atom is 0.404 e. The molecule has 0 fully saturated rings. The molecule has 1 atom stereocenters. The number of nitrogens with one attached hydrogen (secondary N) is 1. The van der Waals surface area contributed by atoms with E-state index in [1.807, 2.05) is 0 Å². The molecule has 0 aromatic carbocycles. The van der Waals surface area contributed by atoms with Crippen LogP contribution in [0, 0.1) is 0 Å². The van der Waals surface area contributed by atoms with E-state index in [9.17, 15) is 18.0 Å². The summed E-state index contributed by atoms with van der Waals surface area (Å²) >= 11 is 0. The van der Waals surface area contributed by atoms with Gasteiger partial charge in [0.15, 0.2) is 0 Å². The number of carboxylic acids is 1. The second-order valence-corrected chi connectivity index (χ2v) is 2.65. The van der Waals surface area contributed by atoms with Crippen molar-refractivity contribution >= 4 is 5.97 Å². The standard InChI is InChI=1S/C7H12F3NO2/c1-2-3-11-5(4-6(12)13)7(8,9)10/h5,11H,2-4H2,1H3,(H,12,13). The van der Waals surface area contributed by atoms with E-state index in [0.29, 0.717) is 6.42 Å². The van der Waals surface area contributed by atoms with Crippen molar-refractivity contribution in [2.75, 3.05) is 6.54 Å². The van der Waals surface area contributed by atoms with Gasteiger partial charge in [0, 0.05) is 0 Å². The highest BCUT2D eigenvalue weighted by molar-refractivity contribution is 5.67. The van der Waals surface area contributed by atoms with E-state index in [2.05, 4.69) is 5.32 Å². The fourth-order valence-electron chi connectivity index (χ4n) is 0.797. The lowest BCUT2D eigenvalue weighted by Crippen LogP contribution is -2.44. The van der Waals surface area contributed by atoms with Crippen molar-refractivity contribution in [1.82, 2.24) is 5.32 Å². The normalized spacial score (nSPS) is 14.2. The minimum Gasteiger partial charge on any atom is -0.481 e. The van der Waals surface area contributed by atoms with Crippen LogP contribution in [0.5, 0.6) is 0 Å². The predicted octanol–water partition coefficient (Wildman–Crippen LogP) is 1.39. The summed E-state index contributed by atoms with van der Waals surface area (Å²) in [7, 11) is 0. The molecule has 0 amide bonds. The number of hydrogen-bond donors (Lipinski definition) is 2. The Kier molecular flexibility index (Phi) is 4.76. The number of carbonyl (C=O) groups is 1. The second-order valence-electron chi connectivity index (χ2n) is 2.65. The van der Waals surface area contributed by atoms with Crippen molar-refractivity contribution in [1.29, 1.82) is 0 Å². The molecular weight excluding hydrogens is 187 g/mol. The Morgan fingerprint density at radius 3 is 2.38 bits per heavy atom. The third-order valence-electron chi connectivity index (χ3n) is 1.41. The SMILES string of the molecule is CCCNC(CC(=O)O)C(F)(F)F. The predicted molar refractivity (Wildman–Crippen MR) is 40.4 cm³/mol. The maximum atomic E-state index is 12.1. The zero-order chi connectivity index (χ0) is 10.5. The van der Waals surface area contributed by atoms with Gasteiger partial charge in [-0.05, 0) is 13.0 Å². The van der Waals surface area contributed by atoms with Gasteiger partial charge in [0.25, 0.3) is 0 Å². The average Bonchev–Trinajstić information content (AvgIpc) is 1.95. The zero-order valence-corrected chi connectivity index (χ0v) is 7.19. The van der Waals surface area contributed by atoms with Crippen molar-refractivity contribution < 1.29 is 23.1 Å². The molecule has 0 radical (unpaired) electrons. The first-order valence-corrected chi connectivity index (χ1v) is 3.89. The van der Waals surface area contributed by atoms with E-state index < -0.39 is 24.6 Å². The van der Waals surface area contributed by atoms with Gasteiger partial charge in [-0.25, -0.2) is 0 Å². The molecule has 0 spiro atoms. The highest BCUT2D eigenvalue weighted by Gasteiger charge is 2.40. The van der Waals surface area contributed by atoms with Crippen molar-refractivity contribution in [2.45, 2.75) is 32.0 Å². The van der Waals surface area contributed by atoms with Crippen LogP contribution in [0.3, 0.4) is 0 Å². The molecule has 78 valence electrons. The summed E-state index contributed by atoms with van der Waals surface area (Å²) in [5.41, 5.74) is 0. The molecule has 0 bridgehead atoms. The third kappa shape index (κ3) is 5.46. The van der Waals surface area contributed by atoms with Crippen molar-refractivity contribution in [3.8, 4) is 0 Å². The first-order chi connectivity index (χ1) is 5.88. The van der Waals surface area contributed by atoms with Gasteiger partial charge >= 0.3 is 12.1 Å². The molecule has 0 heterocycles. The Morgan fingerprint density at radius 1 is 1.54 bits per heavy atom. The first-order valence-electron chi connectivity index (χ1n) is 3.89. The summed E-state index contributed by atoms with van der Waals surface area (Å²) in [5, 5.41) is 10.3. The summed E-state index contributed by atoms with van der Waals surface area (Å²) in [6.45, 7) is 1.87. The van der Waals surface area contributed by atoms with Crippen LogP contribution < -0.4 is 5.32 Å². The Labute approximate surface area is 73.9 Å². The quantitative estimate of drug-likeness (QED) is 0.703. The Hall–Kier alpha value is -0.780.